The predicted octanol–water partition coefficient (Wildman–Crippen LogP) is 3.14. The Labute approximate surface area is 104 Å². The number of nitrogens with zero attached hydrogens (tertiary/aromatic N) is 1. The second-order valence-electron chi connectivity index (χ2n) is 3.83. The molecular formula is C14H12FNO2. The van der Waals surface area contributed by atoms with Gasteiger partial charge in [-0.15, -0.1) is 0 Å². The monoisotopic (exact) mass is 245 g/mol. The van der Waals surface area contributed by atoms with Crippen molar-refractivity contribution in [2.75, 3.05) is 0 Å². The van der Waals surface area contributed by atoms with Crippen LogP contribution in [0.4, 0.5) is 4.39 Å². The van der Waals surface area contributed by atoms with Crippen LogP contribution in [0.25, 0.3) is 0 Å². The molecule has 92 valence electrons. The van der Waals surface area contributed by atoms with Gasteiger partial charge in [0.1, 0.15) is 6.10 Å². The SMILES string of the molecule is CC(OC(=O)c1ccc(F)nc1)c1ccccc1. The number of esters is 1. The molecule has 0 saturated heterocycles. The zero-order valence-electron chi connectivity index (χ0n) is 9.84. The summed E-state index contributed by atoms with van der Waals surface area (Å²) in [4.78, 5) is 15.2. The van der Waals surface area contributed by atoms with Crippen molar-refractivity contribution in [3.05, 3.63) is 65.7 Å². The van der Waals surface area contributed by atoms with Gasteiger partial charge in [-0.05, 0) is 24.6 Å². The van der Waals surface area contributed by atoms with Gasteiger partial charge in [0.05, 0.1) is 5.56 Å². The lowest BCUT2D eigenvalue weighted by atomic mass is 10.1. The van der Waals surface area contributed by atoms with Crippen LogP contribution in [-0.2, 0) is 4.74 Å². The van der Waals surface area contributed by atoms with E-state index >= 15 is 0 Å². The Bertz CT molecular complexity index is 525. The Balaban J connectivity index is 2.06. The summed E-state index contributed by atoms with van der Waals surface area (Å²) in [6, 6.07) is 11.9. The zero-order valence-corrected chi connectivity index (χ0v) is 9.84. The summed E-state index contributed by atoms with van der Waals surface area (Å²) >= 11 is 0. The Morgan fingerprint density at radius 2 is 1.94 bits per heavy atom. The minimum Gasteiger partial charge on any atom is -0.454 e. The lowest BCUT2D eigenvalue weighted by molar-refractivity contribution is 0.0337. The third-order valence-corrected chi connectivity index (χ3v) is 2.52. The first kappa shape index (κ1) is 12.2. The molecule has 1 atom stereocenters. The summed E-state index contributed by atoms with van der Waals surface area (Å²) in [7, 11) is 0. The van der Waals surface area contributed by atoms with E-state index in [1.54, 1.807) is 6.92 Å². The molecule has 0 radical (unpaired) electrons. The average molecular weight is 245 g/mol. The number of carbonyl (C=O) groups excluding carboxylic acids is 1. The summed E-state index contributed by atoms with van der Waals surface area (Å²) in [5.74, 6) is -1.14. The van der Waals surface area contributed by atoms with E-state index in [0.717, 1.165) is 17.8 Å². The van der Waals surface area contributed by atoms with Gasteiger partial charge in [-0.1, -0.05) is 30.3 Å². The summed E-state index contributed by atoms with van der Waals surface area (Å²) in [6.07, 6.45) is 0.804. The topological polar surface area (TPSA) is 39.2 Å². The average Bonchev–Trinajstić information content (AvgIpc) is 2.40. The Morgan fingerprint density at radius 1 is 1.22 bits per heavy atom. The highest BCUT2D eigenvalue weighted by atomic mass is 19.1. The van der Waals surface area contributed by atoms with Crippen molar-refractivity contribution in [3.8, 4) is 0 Å². The number of rotatable bonds is 3. The van der Waals surface area contributed by atoms with E-state index in [4.69, 9.17) is 4.74 Å². The van der Waals surface area contributed by atoms with E-state index in [1.165, 1.54) is 6.07 Å². The molecule has 18 heavy (non-hydrogen) atoms. The molecule has 1 aromatic heterocycles. The predicted molar refractivity (Wildman–Crippen MR) is 64.5 cm³/mol. The number of hydrogen-bond acceptors (Lipinski definition) is 3. The van der Waals surface area contributed by atoms with Gasteiger partial charge >= 0.3 is 5.97 Å². The van der Waals surface area contributed by atoms with Crippen molar-refractivity contribution in [1.82, 2.24) is 4.98 Å². The molecular weight excluding hydrogens is 233 g/mol. The fourth-order valence-electron chi connectivity index (χ4n) is 1.52. The minimum atomic E-state index is -0.623. The van der Waals surface area contributed by atoms with E-state index < -0.39 is 11.9 Å². The van der Waals surface area contributed by atoms with Crippen molar-refractivity contribution < 1.29 is 13.9 Å². The van der Waals surface area contributed by atoms with Crippen molar-refractivity contribution >= 4 is 5.97 Å². The number of aromatic nitrogens is 1. The summed E-state index contributed by atoms with van der Waals surface area (Å²) in [5, 5.41) is 0. The molecule has 0 aliphatic carbocycles. The van der Waals surface area contributed by atoms with Crippen LogP contribution in [-0.4, -0.2) is 11.0 Å². The highest BCUT2D eigenvalue weighted by Gasteiger charge is 2.13. The highest BCUT2D eigenvalue weighted by Crippen LogP contribution is 2.17. The van der Waals surface area contributed by atoms with E-state index in [1.807, 2.05) is 30.3 Å². The molecule has 1 heterocycles. The van der Waals surface area contributed by atoms with Crippen molar-refractivity contribution in [3.63, 3.8) is 0 Å². The molecule has 0 spiro atoms. The molecule has 3 nitrogen and oxygen atoms in total. The van der Waals surface area contributed by atoms with Gasteiger partial charge in [0, 0.05) is 6.20 Å². The molecule has 1 aromatic carbocycles. The molecule has 4 heteroatoms. The van der Waals surface area contributed by atoms with Crippen LogP contribution in [0.3, 0.4) is 0 Å². The minimum absolute atomic E-state index is 0.235. The molecule has 2 rings (SSSR count). The molecule has 0 amide bonds. The van der Waals surface area contributed by atoms with E-state index in [9.17, 15) is 9.18 Å². The van der Waals surface area contributed by atoms with E-state index in [2.05, 4.69) is 4.98 Å². The van der Waals surface area contributed by atoms with Crippen LogP contribution in [0.2, 0.25) is 0 Å². The van der Waals surface area contributed by atoms with Gasteiger partial charge in [-0.2, -0.15) is 4.39 Å². The summed E-state index contributed by atoms with van der Waals surface area (Å²) in [6.45, 7) is 1.78. The fourth-order valence-corrected chi connectivity index (χ4v) is 1.52. The van der Waals surface area contributed by atoms with Gasteiger partial charge in [-0.25, -0.2) is 9.78 Å². The normalized spacial score (nSPS) is 11.9. The highest BCUT2D eigenvalue weighted by molar-refractivity contribution is 5.89. The second kappa shape index (κ2) is 5.40. The molecule has 0 aliphatic heterocycles. The van der Waals surface area contributed by atoms with Crippen LogP contribution in [0.1, 0.15) is 28.9 Å². The van der Waals surface area contributed by atoms with Gasteiger partial charge in [-0.3, -0.25) is 0 Å². The Morgan fingerprint density at radius 3 is 2.56 bits per heavy atom. The largest absolute Gasteiger partial charge is 0.454 e. The van der Waals surface area contributed by atoms with Crippen LogP contribution >= 0.6 is 0 Å². The van der Waals surface area contributed by atoms with Crippen LogP contribution < -0.4 is 0 Å². The Hall–Kier alpha value is -2.23. The fraction of sp³-hybridized carbons (Fsp3) is 0.143. The summed E-state index contributed by atoms with van der Waals surface area (Å²) < 4.78 is 17.9. The number of hydrogen-bond donors (Lipinski definition) is 0. The maximum absolute atomic E-state index is 12.6. The van der Waals surface area contributed by atoms with Crippen molar-refractivity contribution in [1.29, 1.82) is 0 Å². The van der Waals surface area contributed by atoms with Crippen molar-refractivity contribution in [2.45, 2.75) is 13.0 Å². The van der Waals surface area contributed by atoms with Crippen LogP contribution in [0.15, 0.2) is 48.7 Å². The molecule has 0 saturated carbocycles. The van der Waals surface area contributed by atoms with E-state index in [0.29, 0.717) is 0 Å². The molecule has 0 bridgehead atoms. The molecule has 1 unspecified atom stereocenters. The van der Waals surface area contributed by atoms with Gasteiger partial charge in [0.2, 0.25) is 5.95 Å². The number of carbonyl (C=O) groups is 1. The molecule has 2 aromatic rings. The molecule has 0 aliphatic rings. The first-order valence-corrected chi connectivity index (χ1v) is 5.54. The maximum Gasteiger partial charge on any atom is 0.340 e. The van der Waals surface area contributed by atoms with E-state index in [-0.39, 0.29) is 11.7 Å². The quantitative estimate of drug-likeness (QED) is 0.616. The van der Waals surface area contributed by atoms with Crippen LogP contribution in [0.5, 0.6) is 0 Å². The molecule has 0 fully saturated rings. The smallest absolute Gasteiger partial charge is 0.340 e. The number of ether oxygens (including phenoxy) is 1. The number of pyridine rings is 1. The molecule has 0 N–H and O–H groups in total. The maximum atomic E-state index is 12.6. The number of halogens is 1. The first-order chi connectivity index (χ1) is 8.66. The second-order valence-corrected chi connectivity index (χ2v) is 3.83. The third-order valence-electron chi connectivity index (χ3n) is 2.52. The van der Waals surface area contributed by atoms with Crippen LogP contribution in [0, 0.1) is 5.95 Å². The lowest BCUT2D eigenvalue weighted by Gasteiger charge is -2.13. The van der Waals surface area contributed by atoms with Gasteiger partial charge in [0.15, 0.2) is 0 Å². The van der Waals surface area contributed by atoms with Gasteiger partial charge < -0.3 is 4.74 Å². The Kier molecular flexibility index (Phi) is 3.67. The zero-order chi connectivity index (χ0) is 13.0. The van der Waals surface area contributed by atoms with Crippen molar-refractivity contribution in [2.24, 2.45) is 0 Å². The first-order valence-electron chi connectivity index (χ1n) is 5.54. The van der Waals surface area contributed by atoms with Gasteiger partial charge in [0.25, 0.3) is 0 Å². The summed E-state index contributed by atoms with van der Waals surface area (Å²) in [5.41, 5.74) is 1.14. The number of benzene rings is 1. The lowest BCUT2D eigenvalue weighted by Crippen LogP contribution is -2.09. The standard InChI is InChI=1S/C14H12FNO2/c1-10(11-5-3-2-4-6-11)18-14(17)12-7-8-13(15)16-9-12/h2-10H,1H3. The third kappa shape index (κ3) is 2.91.